The number of Topliss-reactive ketones (excluding diaryl/α,β-unsaturated/α-hetero) is 1. The average Bonchev–Trinajstić information content (AvgIpc) is 3.04. The Morgan fingerprint density at radius 1 is 1.38 bits per heavy atom. The maximum atomic E-state index is 11.7. The largest absolute Gasteiger partial charge is 0.327 e. The lowest BCUT2D eigenvalue weighted by Crippen LogP contribution is -2.26. The molecule has 0 saturated heterocycles. The van der Waals surface area contributed by atoms with Crippen molar-refractivity contribution in [3.63, 3.8) is 0 Å². The molecule has 0 radical (unpaired) electrons. The number of ketones is 1. The van der Waals surface area contributed by atoms with E-state index in [1.807, 2.05) is 24.3 Å². The zero-order chi connectivity index (χ0) is 11.5. The van der Waals surface area contributed by atoms with Gasteiger partial charge >= 0.3 is 0 Å². The second-order valence-electron chi connectivity index (χ2n) is 4.55. The summed E-state index contributed by atoms with van der Waals surface area (Å²) in [5.41, 5.74) is 7.00. The Balaban J connectivity index is 1.84. The van der Waals surface area contributed by atoms with Gasteiger partial charge in [-0.25, -0.2) is 0 Å². The van der Waals surface area contributed by atoms with Crippen LogP contribution in [0, 0.1) is 5.92 Å². The molecule has 1 aliphatic rings. The van der Waals surface area contributed by atoms with E-state index in [2.05, 4.69) is 15.9 Å². The molecule has 0 aliphatic heterocycles. The molecule has 0 aromatic heterocycles. The van der Waals surface area contributed by atoms with E-state index in [1.54, 1.807) is 0 Å². The van der Waals surface area contributed by atoms with Gasteiger partial charge in [0.2, 0.25) is 0 Å². The molecule has 1 saturated carbocycles. The van der Waals surface area contributed by atoms with Gasteiger partial charge in [-0.1, -0.05) is 28.1 Å². The molecule has 3 heteroatoms. The first-order chi connectivity index (χ1) is 7.65. The molecule has 16 heavy (non-hydrogen) atoms. The van der Waals surface area contributed by atoms with Crippen molar-refractivity contribution in [3.05, 3.63) is 34.3 Å². The van der Waals surface area contributed by atoms with E-state index in [9.17, 15) is 4.79 Å². The van der Waals surface area contributed by atoms with Gasteiger partial charge in [-0.3, -0.25) is 4.79 Å². The molecule has 1 aromatic rings. The quantitative estimate of drug-likeness (QED) is 0.902. The minimum Gasteiger partial charge on any atom is -0.327 e. The Kier molecular flexibility index (Phi) is 3.77. The van der Waals surface area contributed by atoms with E-state index in [4.69, 9.17) is 5.73 Å². The molecule has 2 rings (SSSR count). The monoisotopic (exact) mass is 281 g/mol. The van der Waals surface area contributed by atoms with Gasteiger partial charge in [-0.15, -0.1) is 0 Å². The Hall–Kier alpha value is -0.670. The minimum absolute atomic E-state index is 0.0861. The van der Waals surface area contributed by atoms with E-state index in [-0.39, 0.29) is 11.8 Å². The lowest BCUT2D eigenvalue weighted by Gasteiger charge is -2.08. The normalized spacial score (nSPS) is 17.1. The van der Waals surface area contributed by atoms with Gasteiger partial charge in [0, 0.05) is 23.4 Å². The van der Waals surface area contributed by atoms with Gasteiger partial charge in [0.05, 0.1) is 0 Å². The first kappa shape index (κ1) is 11.8. The van der Waals surface area contributed by atoms with Crippen molar-refractivity contribution in [2.24, 2.45) is 11.7 Å². The highest BCUT2D eigenvalue weighted by atomic mass is 79.9. The van der Waals surface area contributed by atoms with Gasteiger partial charge in [0.15, 0.2) is 0 Å². The van der Waals surface area contributed by atoms with Crippen LogP contribution in [0.2, 0.25) is 0 Å². The van der Waals surface area contributed by atoms with Crippen LogP contribution < -0.4 is 5.73 Å². The van der Waals surface area contributed by atoms with Crippen LogP contribution in [0.1, 0.15) is 24.8 Å². The van der Waals surface area contributed by atoms with E-state index in [1.165, 1.54) is 12.8 Å². The number of nitrogens with two attached hydrogens (primary N) is 1. The number of carbonyl (C=O) groups is 1. The third-order valence-electron chi connectivity index (χ3n) is 3.01. The number of hydrogen-bond acceptors (Lipinski definition) is 2. The first-order valence-corrected chi connectivity index (χ1v) is 6.46. The smallest absolute Gasteiger partial charge is 0.138 e. The highest BCUT2D eigenvalue weighted by Gasteiger charge is 2.29. The molecular formula is C13H16BrNO. The summed E-state index contributed by atoms with van der Waals surface area (Å²) >= 11 is 3.37. The molecule has 0 amide bonds. The summed E-state index contributed by atoms with van der Waals surface area (Å²) in [7, 11) is 0. The van der Waals surface area contributed by atoms with Crippen molar-refractivity contribution in [1.29, 1.82) is 0 Å². The van der Waals surface area contributed by atoms with Crippen LogP contribution in [0.5, 0.6) is 0 Å². The zero-order valence-electron chi connectivity index (χ0n) is 9.16. The molecule has 1 unspecified atom stereocenters. The number of halogens is 1. The van der Waals surface area contributed by atoms with Crippen LogP contribution in [0.4, 0.5) is 0 Å². The zero-order valence-corrected chi connectivity index (χ0v) is 10.7. The second kappa shape index (κ2) is 5.11. The molecule has 1 aliphatic carbocycles. The third kappa shape index (κ3) is 3.42. The highest BCUT2D eigenvalue weighted by molar-refractivity contribution is 9.10. The fourth-order valence-corrected chi connectivity index (χ4v) is 2.12. The minimum atomic E-state index is 0.0861. The van der Waals surface area contributed by atoms with Crippen LogP contribution in [0.15, 0.2) is 28.7 Å². The molecule has 2 nitrogen and oxygen atoms in total. The topological polar surface area (TPSA) is 43.1 Å². The summed E-state index contributed by atoms with van der Waals surface area (Å²) in [5.74, 6) is 0.857. The first-order valence-electron chi connectivity index (χ1n) is 5.67. The van der Waals surface area contributed by atoms with Gasteiger partial charge in [-0.05, 0) is 36.5 Å². The van der Waals surface area contributed by atoms with Crippen LogP contribution in [0.3, 0.4) is 0 Å². The Morgan fingerprint density at radius 2 is 2.00 bits per heavy atom. The number of benzene rings is 1. The van der Waals surface area contributed by atoms with Crippen molar-refractivity contribution in [2.75, 3.05) is 0 Å². The number of carbonyl (C=O) groups excluding carboxylic acids is 1. The van der Waals surface area contributed by atoms with Crippen molar-refractivity contribution >= 4 is 21.7 Å². The van der Waals surface area contributed by atoms with Crippen molar-refractivity contribution in [1.82, 2.24) is 0 Å². The van der Waals surface area contributed by atoms with E-state index in [0.29, 0.717) is 18.8 Å². The van der Waals surface area contributed by atoms with Crippen LogP contribution >= 0.6 is 15.9 Å². The van der Waals surface area contributed by atoms with Crippen molar-refractivity contribution in [3.8, 4) is 0 Å². The van der Waals surface area contributed by atoms with Gasteiger partial charge in [0.1, 0.15) is 5.78 Å². The molecule has 1 fully saturated rings. The van der Waals surface area contributed by atoms with Gasteiger partial charge in [0.25, 0.3) is 0 Å². The molecule has 0 spiro atoms. The molecular weight excluding hydrogens is 266 g/mol. The summed E-state index contributed by atoms with van der Waals surface area (Å²) < 4.78 is 1.04. The van der Waals surface area contributed by atoms with Crippen molar-refractivity contribution in [2.45, 2.75) is 31.7 Å². The third-order valence-corrected chi connectivity index (χ3v) is 3.53. The molecule has 1 atom stereocenters. The second-order valence-corrected chi connectivity index (χ2v) is 5.46. The van der Waals surface area contributed by atoms with E-state index >= 15 is 0 Å². The lowest BCUT2D eigenvalue weighted by atomic mass is 10.0. The maximum Gasteiger partial charge on any atom is 0.138 e. The van der Waals surface area contributed by atoms with Crippen LogP contribution in [-0.2, 0) is 11.2 Å². The van der Waals surface area contributed by atoms with Crippen LogP contribution in [0.25, 0.3) is 0 Å². The van der Waals surface area contributed by atoms with Gasteiger partial charge < -0.3 is 5.73 Å². The SMILES string of the molecule is NC(CC(=O)Cc1ccc(Br)cc1)C1CC1. The van der Waals surface area contributed by atoms with Crippen LogP contribution in [-0.4, -0.2) is 11.8 Å². The van der Waals surface area contributed by atoms with E-state index in [0.717, 1.165) is 10.0 Å². The van der Waals surface area contributed by atoms with E-state index < -0.39 is 0 Å². The van der Waals surface area contributed by atoms with Crippen molar-refractivity contribution < 1.29 is 4.79 Å². The average molecular weight is 282 g/mol. The molecule has 2 N–H and O–H groups in total. The molecule has 0 heterocycles. The summed E-state index contributed by atoms with van der Waals surface area (Å²) in [6.07, 6.45) is 3.44. The summed E-state index contributed by atoms with van der Waals surface area (Å²) in [4.78, 5) is 11.7. The fourth-order valence-electron chi connectivity index (χ4n) is 1.86. The Labute approximate surface area is 104 Å². The number of rotatable bonds is 5. The van der Waals surface area contributed by atoms with Gasteiger partial charge in [-0.2, -0.15) is 0 Å². The highest BCUT2D eigenvalue weighted by Crippen LogP contribution is 2.32. The molecule has 0 bridgehead atoms. The maximum absolute atomic E-state index is 11.7. The summed E-state index contributed by atoms with van der Waals surface area (Å²) in [6.45, 7) is 0. The number of hydrogen-bond donors (Lipinski definition) is 1. The standard InChI is InChI=1S/C13H16BrNO/c14-11-5-1-9(2-6-11)7-12(16)8-13(15)10-3-4-10/h1-2,5-6,10,13H,3-4,7-8,15H2. The summed E-state index contributed by atoms with van der Waals surface area (Å²) in [5, 5.41) is 0. The molecule has 1 aromatic carbocycles. The Bertz CT molecular complexity index is 370. The predicted molar refractivity (Wildman–Crippen MR) is 68.2 cm³/mol. The molecule has 86 valence electrons. The summed E-state index contributed by atoms with van der Waals surface area (Å²) in [6, 6.07) is 7.96. The fraction of sp³-hybridized carbons (Fsp3) is 0.462. The Morgan fingerprint density at radius 3 is 2.56 bits per heavy atom. The lowest BCUT2D eigenvalue weighted by molar-refractivity contribution is -0.118. The predicted octanol–water partition coefficient (Wildman–Crippen LogP) is 2.69.